The zero-order valence-corrected chi connectivity index (χ0v) is 12.7. The summed E-state index contributed by atoms with van der Waals surface area (Å²) in [5.74, 6) is -1.13. The molecule has 0 fully saturated rings. The first-order valence-corrected chi connectivity index (χ1v) is 7.70. The first kappa shape index (κ1) is 16.6. The minimum absolute atomic E-state index is 0.00898. The van der Waals surface area contributed by atoms with Gasteiger partial charge in [0.15, 0.2) is 0 Å². The van der Waals surface area contributed by atoms with Crippen molar-refractivity contribution >= 4 is 16.0 Å². The second kappa shape index (κ2) is 6.83. The minimum atomic E-state index is -3.66. The molecule has 1 aromatic carbocycles. The Morgan fingerprint density at radius 1 is 1.40 bits per heavy atom. The number of nitrogens with zero attached hydrogens (tertiary/aromatic N) is 1. The van der Waals surface area contributed by atoms with Crippen molar-refractivity contribution in [3.63, 3.8) is 0 Å². The van der Waals surface area contributed by atoms with Crippen LogP contribution >= 0.6 is 0 Å². The van der Waals surface area contributed by atoms with Gasteiger partial charge in [0.05, 0.1) is 10.5 Å². The van der Waals surface area contributed by atoms with Crippen molar-refractivity contribution in [2.45, 2.75) is 18.2 Å². The van der Waals surface area contributed by atoms with Crippen molar-refractivity contribution in [1.29, 1.82) is 0 Å². The molecule has 0 aliphatic heterocycles. The zero-order valence-electron chi connectivity index (χ0n) is 11.9. The average Bonchev–Trinajstić information content (AvgIpc) is 2.38. The Hall–Kier alpha value is -1.44. The zero-order chi connectivity index (χ0) is 15.3. The van der Waals surface area contributed by atoms with Gasteiger partial charge < -0.3 is 10.4 Å². The van der Waals surface area contributed by atoms with E-state index in [2.05, 4.69) is 5.32 Å². The summed E-state index contributed by atoms with van der Waals surface area (Å²) in [5, 5.41) is 12.0. The highest BCUT2D eigenvalue weighted by atomic mass is 32.2. The van der Waals surface area contributed by atoms with Gasteiger partial charge in [-0.3, -0.25) is 0 Å². The topological polar surface area (TPSA) is 86.7 Å². The number of rotatable bonds is 7. The van der Waals surface area contributed by atoms with E-state index < -0.39 is 16.0 Å². The number of hydrogen-bond donors (Lipinski definition) is 2. The summed E-state index contributed by atoms with van der Waals surface area (Å²) in [5.41, 5.74) is 0.273. The lowest BCUT2D eigenvalue weighted by Crippen LogP contribution is -2.30. The predicted molar refractivity (Wildman–Crippen MR) is 76.5 cm³/mol. The normalized spacial score (nSPS) is 11.8. The van der Waals surface area contributed by atoms with E-state index in [9.17, 15) is 13.2 Å². The van der Waals surface area contributed by atoms with Crippen LogP contribution in [0.2, 0.25) is 0 Å². The summed E-state index contributed by atoms with van der Waals surface area (Å²) in [6, 6.07) is 4.29. The number of nitrogens with one attached hydrogen (secondary N) is 1. The van der Waals surface area contributed by atoms with E-state index in [-0.39, 0.29) is 16.0 Å². The molecule has 0 aliphatic carbocycles. The molecule has 0 saturated heterocycles. The summed E-state index contributed by atoms with van der Waals surface area (Å²) < 4.78 is 26.1. The molecule has 0 aromatic heterocycles. The highest BCUT2D eigenvalue weighted by Gasteiger charge is 2.24. The first-order valence-electron chi connectivity index (χ1n) is 6.26. The molecule has 0 radical (unpaired) electrons. The third kappa shape index (κ3) is 3.56. The van der Waals surface area contributed by atoms with Crippen LogP contribution in [0.25, 0.3) is 0 Å². The quantitative estimate of drug-likeness (QED) is 0.731. The van der Waals surface area contributed by atoms with Gasteiger partial charge in [-0.1, -0.05) is 6.07 Å². The number of carboxylic acid groups (broad SMARTS) is 1. The number of sulfonamides is 1. The molecule has 20 heavy (non-hydrogen) atoms. The van der Waals surface area contributed by atoms with Crippen LogP contribution in [0.4, 0.5) is 0 Å². The molecule has 0 aliphatic rings. The van der Waals surface area contributed by atoms with Crippen molar-refractivity contribution in [2.24, 2.45) is 0 Å². The van der Waals surface area contributed by atoms with Gasteiger partial charge in [0.2, 0.25) is 10.0 Å². The van der Waals surface area contributed by atoms with Crippen molar-refractivity contribution in [2.75, 3.05) is 27.2 Å². The fraction of sp³-hybridized carbons (Fsp3) is 0.462. The van der Waals surface area contributed by atoms with Gasteiger partial charge in [0, 0.05) is 13.6 Å². The van der Waals surface area contributed by atoms with Crippen molar-refractivity contribution in [3.8, 4) is 0 Å². The van der Waals surface area contributed by atoms with Crippen LogP contribution in [-0.2, 0) is 10.0 Å². The lowest BCUT2D eigenvalue weighted by molar-refractivity contribution is 0.0696. The standard InChI is InChI=1S/C13H20N2O4S/c1-10-11(13(16)17)6-4-7-12(10)20(18,19)15(3)9-5-8-14-2/h4,6-7,14H,5,8-9H2,1-3H3,(H,16,17). The van der Waals surface area contributed by atoms with E-state index >= 15 is 0 Å². The molecule has 0 spiro atoms. The Morgan fingerprint density at radius 3 is 2.60 bits per heavy atom. The fourth-order valence-corrected chi connectivity index (χ4v) is 3.34. The van der Waals surface area contributed by atoms with E-state index in [1.165, 1.54) is 36.5 Å². The summed E-state index contributed by atoms with van der Waals surface area (Å²) in [4.78, 5) is 11.1. The Labute approximate surface area is 119 Å². The predicted octanol–water partition coefficient (Wildman–Crippen LogP) is 0.923. The maximum atomic E-state index is 12.4. The third-order valence-electron chi connectivity index (χ3n) is 3.10. The molecular formula is C13H20N2O4S. The minimum Gasteiger partial charge on any atom is -0.478 e. The molecule has 0 saturated carbocycles. The maximum Gasteiger partial charge on any atom is 0.335 e. The van der Waals surface area contributed by atoms with E-state index in [0.717, 1.165) is 0 Å². The van der Waals surface area contributed by atoms with Crippen LogP contribution in [0, 0.1) is 6.92 Å². The smallest absolute Gasteiger partial charge is 0.335 e. The van der Waals surface area contributed by atoms with E-state index in [0.29, 0.717) is 19.5 Å². The van der Waals surface area contributed by atoms with E-state index in [4.69, 9.17) is 5.11 Å². The molecule has 2 N–H and O–H groups in total. The molecule has 112 valence electrons. The Bertz CT molecular complexity index is 584. The summed E-state index contributed by atoms with van der Waals surface area (Å²) in [6.45, 7) is 2.60. The van der Waals surface area contributed by atoms with Crippen molar-refractivity contribution < 1.29 is 18.3 Å². The van der Waals surface area contributed by atoms with Crippen LogP contribution in [-0.4, -0.2) is 51.0 Å². The molecule has 6 nitrogen and oxygen atoms in total. The summed E-state index contributed by atoms with van der Waals surface area (Å²) in [7, 11) is -0.365. The molecule has 0 bridgehead atoms. The van der Waals surface area contributed by atoms with E-state index in [1.807, 2.05) is 0 Å². The number of aromatic carboxylic acids is 1. The Balaban J connectivity index is 3.10. The highest BCUT2D eigenvalue weighted by Crippen LogP contribution is 2.22. The molecule has 0 atom stereocenters. The third-order valence-corrected chi connectivity index (χ3v) is 5.10. The lowest BCUT2D eigenvalue weighted by Gasteiger charge is -2.19. The number of hydrogen-bond acceptors (Lipinski definition) is 4. The summed E-state index contributed by atoms with van der Waals surface area (Å²) in [6.07, 6.45) is 0.684. The van der Waals surface area contributed by atoms with E-state index in [1.54, 1.807) is 7.05 Å². The summed E-state index contributed by atoms with van der Waals surface area (Å²) >= 11 is 0. The van der Waals surface area contributed by atoms with Crippen LogP contribution in [0.15, 0.2) is 23.1 Å². The molecular weight excluding hydrogens is 280 g/mol. The molecule has 7 heteroatoms. The number of carbonyl (C=O) groups is 1. The maximum absolute atomic E-state index is 12.4. The van der Waals surface area contributed by atoms with Gasteiger partial charge in [0.25, 0.3) is 0 Å². The molecule has 0 amide bonds. The van der Waals surface area contributed by atoms with Crippen LogP contribution < -0.4 is 5.32 Å². The van der Waals surface area contributed by atoms with Gasteiger partial charge in [-0.15, -0.1) is 0 Å². The number of benzene rings is 1. The van der Waals surface area contributed by atoms with Gasteiger partial charge >= 0.3 is 5.97 Å². The largest absolute Gasteiger partial charge is 0.478 e. The number of carboxylic acids is 1. The van der Waals surface area contributed by atoms with Crippen molar-refractivity contribution in [3.05, 3.63) is 29.3 Å². The van der Waals surface area contributed by atoms with Gasteiger partial charge in [-0.05, 0) is 44.6 Å². The van der Waals surface area contributed by atoms with Gasteiger partial charge in [-0.2, -0.15) is 0 Å². The fourth-order valence-electron chi connectivity index (χ4n) is 1.89. The van der Waals surface area contributed by atoms with Gasteiger partial charge in [-0.25, -0.2) is 17.5 Å². The molecule has 1 aromatic rings. The van der Waals surface area contributed by atoms with Crippen LogP contribution in [0.5, 0.6) is 0 Å². The highest BCUT2D eigenvalue weighted by molar-refractivity contribution is 7.89. The Morgan fingerprint density at radius 2 is 2.05 bits per heavy atom. The van der Waals surface area contributed by atoms with Crippen LogP contribution in [0.3, 0.4) is 0 Å². The van der Waals surface area contributed by atoms with Crippen LogP contribution in [0.1, 0.15) is 22.3 Å². The monoisotopic (exact) mass is 300 g/mol. The second-order valence-corrected chi connectivity index (χ2v) is 6.53. The van der Waals surface area contributed by atoms with Gasteiger partial charge in [0.1, 0.15) is 0 Å². The first-order chi connectivity index (χ1) is 9.32. The SMILES string of the molecule is CNCCCN(C)S(=O)(=O)c1cccc(C(=O)O)c1C. The van der Waals surface area contributed by atoms with Crippen molar-refractivity contribution in [1.82, 2.24) is 9.62 Å². The Kier molecular flexibility index (Phi) is 5.67. The molecule has 0 heterocycles. The molecule has 1 rings (SSSR count). The lowest BCUT2D eigenvalue weighted by atomic mass is 10.1. The second-order valence-electron chi connectivity index (χ2n) is 4.52. The molecule has 0 unspecified atom stereocenters. The average molecular weight is 300 g/mol.